The minimum atomic E-state index is -1.15. The molecule has 1 aromatic heterocycles. The lowest BCUT2D eigenvalue weighted by molar-refractivity contribution is 0.0690. The van der Waals surface area contributed by atoms with Crippen molar-refractivity contribution in [3.05, 3.63) is 17.3 Å². The van der Waals surface area contributed by atoms with Crippen molar-refractivity contribution in [3.63, 3.8) is 0 Å². The van der Waals surface area contributed by atoms with Crippen LogP contribution in [0, 0.1) is 0 Å². The molecule has 0 aliphatic rings. The highest BCUT2D eigenvalue weighted by atomic mass is 16.5. The molecular weight excluding hydrogens is 184 g/mol. The Kier molecular flexibility index (Phi) is 2.91. The Balaban J connectivity index is 3.30. The minimum Gasteiger partial charge on any atom is -0.481 e. The molecule has 76 valence electrons. The Labute approximate surface area is 81.5 Å². The van der Waals surface area contributed by atoms with Gasteiger partial charge in [-0.2, -0.15) is 0 Å². The molecule has 0 unspecified atom stereocenters. The summed E-state index contributed by atoms with van der Waals surface area (Å²) in [5.41, 5.74) is 6.32. The summed E-state index contributed by atoms with van der Waals surface area (Å²) >= 11 is 0. The van der Waals surface area contributed by atoms with Crippen LogP contribution in [0.1, 0.15) is 23.0 Å². The number of carboxylic acids is 1. The van der Waals surface area contributed by atoms with E-state index in [-0.39, 0.29) is 11.4 Å². The van der Waals surface area contributed by atoms with E-state index in [9.17, 15) is 4.79 Å². The predicted molar refractivity (Wildman–Crippen MR) is 51.5 cm³/mol. The highest BCUT2D eigenvalue weighted by Gasteiger charge is 2.14. The van der Waals surface area contributed by atoms with Crippen molar-refractivity contribution in [3.8, 4) is 5.88 Å². The van der Waals surface area contributed by atoms with E-state index in [1.807, 2.05) is 6.92 Å². The number of carbonyl (C=O) groups is 1. The molecule has 0 aliphatic heterocycles. The third-order valence-electron chi connectivity index (χ3n) is 1.87. The molecule has 0 bridgehead atoms. The molecule has 1 aromatic rings. The Bertz CT molecular complexity index is 363. The van der Waals surface area contributed by atoms with Crippen LogP contribution in [0.5, 0.6) is 5.88 Å². The number of nitrogens with two attached hydrogens (primary N) is 1. The standard InChI is InChI=1S/C9H12N2O3/c1-3-5-4-6(10)7(9(12)13)11-8(5)14-2/h4H,3,10H2,1-2H3,(H,12,13). The summed E-state index contributed by atoms with van der Waals surface area (Å²) in [4.78, 5) is 14.5. The Hall–Kier alpha value is -1.78. The number of aryl methyl sites for hydroxylation is 1. The lowest BCUT2D eigenvalue weighted by atomic mass is 10.1. The zero-order chi connectivity index (χ0) is 10.7. The fourth-order valence-corrected chi connectivity index (χ4v) is 1.16. The van der Waals surface area contributed by atoms with Gasteiger partial charge in [-0.3, -0.25) is 0 Å². The summed E-state index contributed by atoms with van der Waals surface area (Å²) in [6.07, 6.45) is 0.695. The molecule has 0 aliphatic carbocycles. The number of rotatable bonds is 3. The predicted octanol–water partition coefficient (Wildman–Crippen LogP) is 0.933. The molecule has 0 aromatic carbocycles. The van der Waals surface area contributed by atoms with E-state index in [1.54, 1.807) is 6.07 Å². The van der Waals surface area contributed by atoms with Crippen molar-refractivity contribution in [1.82, 2.24) is 4.98 Å². The van der Waals surface area contributed by atoms with Crippen LogP contribution in [0.15, 0.2) is 6.07 Å². The SMILES string of the molecule is CCc1cc(N)c(C(=O)O)nc1OC. The molecule has 0 saturated heterocycles. The number of anilines is 1. The van der Waals surface area contributed by atoms with E-state index in [0.29, 0.717) is 12.3 Å². The number of hydrogen-bond acceptors (Lipinski definition) is 4. The lowest BCUT2D eigenvalue weighted by Crippen LogP contribution is -2.08. The smallest absolute Gasteiger partial charge is 0.356 e. The van der Waals surface area contributed by atoms with Crippen LogP contribution in [0.4, 0.5) is 5.69 Å². The van der Waals surface area contributed by atoms with Crippen LogP contribution in [-0.4, -0.2) is 23.2 Å². The van der Waals surface area contributed by atoms with Gasteiger partial charge in [0.15, 0.2) is 5.69 Å². The van der Waals surface area contributed by atoms with Gasteiger partial charge in [-0.1, -0.05) is 6.92 Å². The molecule has 5 nitrogen and oxygen atoms in total. The Morgan fingerprint density at radius 3 is 2.79 bits per heavy atom. The van der Waals surface area contributed by atoms with Gasteiger partial charge in [0.25, 0.3) is 0 Å². The first-order valence-electron chi connectivity index (χ1n) is 4.16. The lowest BCUT2D eigenvalue weighted by Gasteiger charge is -2.08. The summed E-state index contributed by atoms with van der Waals surface area (Å²) in [6.45, 7) is 1.92. The van der Waals surface area contributed by atoms with E-state index < -0.39 is 5.97 Å². The molecule has 0 radical (unpaired) electrons. The molecule has 0 atom stereocenters. The van der Waals surface area contributed by atoms with Gasteiger partial charge in [0, 0.05) is 5.56 Å². The average Bonchev–Trinajstić information content (AvgIpc) is 2.16. The largest absolute Gasteiger partial charge is 0.481 e. The maximum absolute atomic E-state index is 10.7. The van der Waals surface area contributed by atoms with Gasteiger partial charge in [0.2, 0.25) is 5.88 Å². The van der Waals surface area contributed by atoms with Gasteiger partial charge in [-0.05, 0) is 12.5 Å². The van der Waals surface area contributed by atoms with Crippen molar-refractivity contribution in [2.45, 2.75) is 13.3 Å². The van der Waals surface area contributed by atoms with E-state index in [0.717, 1.165) is 5.56 Å². The summed E-state index contributed by atoms with van der Waals surface area (Å²) < 4.78 is 4.95. The van der Waals surface area contributed by atoms with E-state index in [4.69, 9.17) is 15.6 Å². The number of aromatic nitrogens is 1. The number of hydrogen-bond donors (Lipinski definition) is 2. The maximum Gasteiger partial charge on any atom is 0.356 e. The number of aromatic carboxylic acids is 1. The monoisotopic (exact) mass is 196 g/mol. The van der Waals surface area contributed by atoms with Crippen LogP contribution in [0.3, 0.4) is 0 Å². The van der Waals surface area contributed by atoms with Gasteiger partial charge in [0.05, 0.1) is 12.8 Å². The highest BCUT2D eigenvalue weighted by molar-refractivity contribution is 5.91. The van der Waals surface area contributed by atoms with Crippen molar-refractivity contribution < 1.29 is 14.6 Å². The van der Waals surface area contributed by atoms with Gasteiger partial charge in [-0.15, -0.1) is 0 Å². The number of ether oxygens (including phenoxy) is 1. The molecule has 0 amide bonds. The molecule has 14 heavy (non-hydrogen) atoms. The van der Waals surface area contributed by atoms with Gasteiger partial charge in [0.1, 0.15) is 0 Å². The van der Waals surface area contributed by atoms with Crippen LogP contribution in [0.25, 0.3) is 0 Å². The second-order valence-electron chi connectivity index (χ2n) is 2.75. The molecule has 1 rings (SSSR count). The van der Waals surface area contributed by atoms with E-state index in [1.165, 1.54) is 7.11 Å². The average molecular weight is 196 g/mol. The fraction of sp³-hybridized carbons (Fsp3) is 0.333. The van der Waals surface area contributed by atoms with Crippen molar-refractivity contribution in [2.75, 3.05) is 12.8 Å². The molecule has 1 heterocycles. The van der Waals surface area contributed by atoms with Crippen molar-refractivity contribution in [1.29, 1.82) is 0 Å². The van der Waals surface area contributed by atoms with Crippen LogP contribution in [-0.2, 0) is 6.42 Å². The molecule has 0 saturated carbocycles. The van der Waals surface area contributed by atoms with Crippen molar-refractivity contribution in [2.24, 2.45) is 0 Å². The van der Waals surface area contributed by atoms with Crippen LogP contribution in [0.2, 0.25) is 0 Å². The maximum atomic E-state index is 10.7. The molecule has 0 spiro atoms. The second kappa shape index (κ2) is 3.95. The van der Waals surface area contributed by atoms with Crippen LogP contribution >= 0.6 is 0 Å². The highest BCUT2D eigenvalue weighted by Crippen LogP contribution is 2.21. The topological polar surface area (TPSA) is 85.4 Å². The molecular formula is C9H12N2O3. The fourth-order valence-electron chi connectivity index (χ4n) is 1.16. The first-order valence-corrected chi connectivity index (χ1v) is 4.16. The van der Waals surface area contributed by atoms with Crippen molar-refractivity contribution >= 4 is 11.7 Å². The van der Waals surface area contributed by atoms with Gasteiger partial charge >= 0.3 is 5.97 Å². The number of nitrogen functional groups attached to an aromatic ring is 1. The molecule has 0 fully saturated rings. The number of carboxylic acid groups (broad SMARTS) is 1. The number of nitrogens with zero attached hydrogens (tertiary/aromatic N) is 1. The van der Waals surface area contributed by atoms with Crippen LogP contribution < -0.4 is 10.5 Å². The zero-order valence-electron chi connectivity index (χ0n) is 8.07. The second-order valence-corrected chi connectivity index (χ2v) is 2.75. The zero-order valence-corrected chi connectivity index (χ0v) is 8.07. The van der Waals surface area contributed by atoms with E-state index >= 15 is 0 Å². The van der Waals surface area contributed by atoms with Gasteiger partial charge in [-0.25, -0.2) is 9.78 Å². The van der Waals surface area contributed by atoms with Gasteiger partial charge < -0.3 is 15.6 Å². The third kappa shape index (κ3) is 1.76. The first kappa shape index (κ1) is 10.3. The normalized spacial score (nSPS) is 9.86. The number of methoxy groups -OCH3 is 1. The molecule has 3 N–H and O–H groups in total. The Morgan fingerprint density at radius 2 is 2.36 bits per heavy atom. The third-order valence-corrected chi connectivity index (χ3v) is 1.87. The quantitative estimate of drug-likeness (QED) is 0.751. The van der Waals surface area contributed by atoms with E-state index in [2.05, 4.69) is 4.98 Å². The summed E-state index contributed by atoms with van der Waals surface area (Å²) in [5, 5.41) is 8.75. The minimum absolute atomic E-state index is 0.162. The summed E-state index contributed by atoms with van der Waals surface area (Å²) in [5.74, 6) is -0.831. The summed E-state index contributed by atoms with van der Waals surface area (Å²) in [7, 11) is 1.45. The summed E-state index contributed by atoms with van der Waals surface area (Å²) in [6, 6.07) is 1.58. The number of pyridine rings is 1. The first-order chi connectivity index (χ1) is 6.60. The Morgan fingerprint density at radius 1 is 1.71 bits per heavy atom. The molecule has 5 heteroatoms.